The number of allylic oxidation sites excluding steroid dienone is 1. The van der Waals surface area contributed by atoms with Gasteiger partial charge in [0.25, 0.3) is 11.5 Å². The van der Waals surface area contributed by atoms with Crippen LogP contribution in [-0.2, 0) is 20.9 Å². The third-order valence-corrected chi connectivity index (χ3v) is 7.12. The van der Waals surface area contributed by atoms with Crippen molar-refractivity contribution in [3.63, 3.8) is 0 Å². The molecule has 0 saturated carbocycles. The van der Waals surface area contributed by atoms with Gasteiger partial charge < -0.3 is 25.3 Å². The number of carbonyl (C=O) groups excluding carboxylic acids is 2. The van der Waals surface area contributed by atoms with Gasteiger partial charge in [-0.25, -0.2) is 4.79 Å². The van der Waals surface area contributed by atoms with Crippen molar-refractivity contribution in [2.45, 2.75) is 12.5 Å². The van der Waals surface area contributed by atoms with E-state index in [2.05, 4.69) is 16.1 Å². The van der Waals surface area contributed by atoms with Gasteiger partial charge in [-0.15, -0.1) is 11.3 Å². The van der Waals surface area contributed by atoms with Crippen LogP contribution in [0.2, 0.25) is 0 Å². The second-order valence-electron chi connectivity index (χ2n) is 8.11. The molecule has 1 aromatic heterocycles. The molecule has 0 spiro atoms. The third kappa shape index (κ3) is 4.77. The van der Waals surface area contributed by atoms with Crippen molar-refractivity contribution >= 4 is 40.7 Å². The summed E-state index contributed by atoms with van der Waals surface area (Å²) >= 11 is 0.907. The molecule has 1 aliphatic rings. The number of amides is 1. The van der Waals surface area contributed by atoms with Crippen LogP contribution in [0.1, 0.15) is 17.0 Å². The molecule has 3 N–H and O–H groups in total. The quantitative estimate of drug-likeness (QED) is 0.425. The first-order valence-corrected chi connectivity index (χ1v) is 12.2. The summed E-state index contributed by atoms with van der Waals surface area (Å²) < 4.78 is 16.8. The average Bonchev–Trinajstić information content (AvgIpc) is 3.26. The summed E-state index contributed by atoms with van der Waals surface area (Å²) in [6.45, 7) is 0.202. The molecule has 0 radical (unpaired) electrons. The number of carbonyl (C=O) groups is 2. The number of esters is 1. The van der Waals surface area contributed by atoms with Gasteiger partial charge in [0.2, 0.25) is 0 Å². The molecule has 2 aromatic carbocycles. The Labute approximate surface area is 221 Å². The lowest BCUT2D eigenvalue weighted by molar-refractivity contribution is -0.133. The number of aromatic nitrogens is 1. The van der Waals surface area contributed by atoms with E-state index in [0.29, 0.717) is 17.1 Å². The van der Waals surface area contributed by atoms with Gasteiger partial charge in [-0.05, 0) is 11.6 Å². The first kappa shape index (κ1) is 26.2. The van der Waals surface area contributed by atoms with Crippen molar-refractivity contribution < 1.29 is 23.8 Å². The summed E-state index contributed by atoms with van der Waals surface area (Å²) in [5.41, 5.74) is 7.15. The molecule has 194 valence electrons. The molecule has 1 amide bonds. The largest absolute Gasteiger partial charge is 0.497 e. The molecule has 38 heavy (non-hydrogen) atoms. The Bertz CT molecular complexity index is 1660. The number of hydrogen-bond acceptors (Lipinski definition) is 9. The molecule has 0 bridgehead atoms. The summed E-state index contributed by atoms with van der Waals surface area (Å²) in [5, 5.41) is 13.1. The fourth-order valence-corrected chi connectivity index (χ4v) is 5.31. The second kappa shape index (κ2) is 11.1. The number of fused-ring (bicyclic) bond motifs is 1. The first-order valence-electron chi connectivity index (χ1n) is 11.3. The number of methoxy groups -OCH3 is 3. The van der Waals surface area contributed by atoms with Gasteiger partial charge in [0, 0.05) is 24.3 Å². The minimum absolute atomic E-state index is 0.00259. The standard InChI is InChI=1S/C27H24N4O6S/c1-35-16-9-10-17(19(11-16)36-2)22-18(13-28)24(29)31-26(34)20(12-21(32)37-3)38-27(31)23(22)25(33)30-14-15-7-5-4-6-8-15/h4-12,22H,14,29H2,1-3H3,(H,30,33). The molecule has 4 rings (SSSR count). The second-order valence-corrected chi connectivity index (χ2v) is 9.14. The Kier molecular flexibility index (Phi) is 7.64. The highest BCUT2D eigenvalue weighted by Crippen LogP contribution is 2.41. The van der Waals surface area contributed by atoms with E-state index in [9.17, 15) is 19.6 Å². The van der Waals surface area contributed by atoms with Crippen LogP contribution in [0.3, 0.4) is 0 Å². The summed E-state index contributed by atoms with van der Waals surface area (Å²) in [6.07, 6.45) is 1.03. The monoisotopic (exact) mass is 532 g/mol. The van der Waals surface area contributed by atoms with Crippen LogP contribution in [0.5, 0.6) is 11.5 Å². The zero-order chi connectivity index (χ0) is 27.4. The number of ether oxygens (including phenoxy) is 3. The molecular weight excluding hydrogens is 508 g/mol. The maximum Gasteiger partial charge on any atom is 0.332 e. The number of rotatable bonds is 7. The Balaban J connectivity index is 2.02. The van der Waals surface area contributed by atoms with Gasteiger partial charge in [0.05, 0.1) is 44.5 Å². The zero-order valence-corrected chi connectivity index (χ0v) is 21.6. The van der Waals surface area contributed by atoms with Crippen molar-refractivity contribution in [1.82, 2.24) is 9.88 Å². The van der Waals surface area contributed by atoms with E-state index in [1.807, 2.05) is 30.3 Å². The fraction of sp³-hybridized carbons (Fsp3) is 0.185. The Morgan fingerprint density at radius 3 is 2.53 bits per heavy atom. The number of nitrogens with two attached hydrogens (primary N) is 1. The lowest BCUT2D eigenvalue weighted by Gasteiger charge is -2.26. The molecule has 0 aliphatic carbocycles. The molecule has 2 heterocycles. The number of nitrogens with one attached hydrogen (secondary N) is 1. The molecule has 0 saturated heterocycles. The Morgan fingerprint density at radius 2 is 1.89 bits per heavy atom. The first-order chi connectivity index (χ1) is 18.3. The van der Waals surface area contributed by atoms with Crippen LogP contribution < -0.4 is 35.3 Å². The highest BCUT2D eigenvalue weighted by atomic mass is 32.1. The maximum atomic E-state index is 13.8. The zero-order valence-electron chi connectivity index (χ0n) is 20.8. The highest BCUT2D eigenvalue weighted by molar-refractivity contribution is 7.07. The van der Waals surface area contributed by atoms with Crippen molar-refractivity contribution in [1.29, 1.82) is 5.26 Å². The van der Waals surface area contributed by atoms with E-state index in [-0.39, 0.29) is 32.7 Å². The summed E-state index contributed by atoms with van der Waals surface area (Å²) in [4.78, 5) is 39.0. The van der Waals surface area contributed by atoms with Crippen LogP contribution in [-0.4, -0.2) is 37.8 Å². The van der Waals surface area contributed by atoms with Gasteiger partial charge in [-0.3, -0.25) is 14.2 Å². The summed E-state index contributed by atoms with van der Waals surface area (Å²) in [7, 11) is 4.15. The van der Waals surface area contributed by atoms with E-state index in [1.54, 1.807) is 18.2 Å². The van der Waals surface area contributed by atoms with Crippen molar-refractivity contribution in [2.24, 2.45) is 5.73 Å². The van der Waals surface area contributed by atoms with E-state index in [0.717, 1.165) is 27.5 Å². The van der Waals surface area contributed by atoms with Gasteiger partial charge in [0.1, 0.15) is 26.5 Å². The molecule has 1 atom stereocenters. The van der Waals surface area contributed by atoms with Crippen molar-refractivity contribution in [3.8, 4) is 17.6 Å². The van der Waals surface area contributed by atoms with E-state index < -0.39 is 23.4 Å². The molecule has 0 fully saturated rings. The predicted octanol–water partition coefficient (Wildman–Crippen LogP) is 0.796. The summed E-state index contributed by atoms with van der Waals surface area (Å²) in [5.74, 6) is -1.51. The van der Waals surface area contributed by atoms with E-state index >= 15 is 0 Å². The van der Waals surface area contributed by atoms with Gasteiger partial charge >= 0.3 is 5.97 Å². The van der Waals surface area contributed by atoms with Crippen LogP contribution >= 0.6 is 11.3 Å². The lowest BCUT2D eigenvalue weighted by Crippen LogP contribution is -2.42. The molecule has 3 aromatic rings. The van der Waals surface area contributed by atoms with Gasteiger partial charge in [0.15, 0.2) is 0 Å². The average molecular weight is 533 g/mol. The Morgan fingerprint density at radius 1 is 1.16 bits per heavy atom. The molecule has 10 nitrogen and oxygen atoms in total. The van der Waals surface area contributed by atoms with Gasteiger partial charge in [-0.1, -0.05) is 36.4 Å². The minimum Gasteiger partial charge on any atom is -0.497 e. The number of thiazole rings is 1. The van der Waals surface area contributed by atoms with Crippen LogP contribution in [0.25, 0.3) is 17.5 Å². The SMILES string of the molecule is COC(=O)C=c1sc2n(c1=O)C(N)=C(C#N)C(c1ccc(OC)cc1OC)C=2C(=O)NCc1ccccc1. The van der Waals surface area contributed by atoms with Crippen LogP contribution in [0.15, 0.2) is 58.9 Å². The molecular formula is C27H24N4O6S. The topological polar surface area (TPSA) is 146 Å². The number of nitriles is 1. The fourth-order valence-electron chi connectivity index (χ4n) is 4.17. The maximum absolute atomic E-state index is 13.8. The Hall–Kier alpha value is -4.82. The molecule has 1 unspecified atom stereocenters. The molecule has 11 heteroatoms. The van der Waals surface area contributed by atoms with Crippen LogP contribution in [0, 0.1) is 11.3 Å². The van der Waals surface area contributed by atoms with Gasteiger partial charge in [-0.2, -0.15) is 5.26 Å². The normalized spacial score (nSPS) is 14.9. The van der Waals surface area contributed by atoms with Crippen molar-refractivity contribution in [3.05, 3.63) is 84.8 Å². The van der Waals surface area contributed by atoms with Crippen molar-refractivity contribution in [2.75, 3.05) is 21.3 Å². The number of hydrogen-bond donors (Lipinski definition) is 2. The van der Waals surface area contributed by atoms with E-state index in [1.165, 1.54) is 21.3 Å². The molecule has 1 aliphatic heterocycles. The minimum atomic E-state index is -0.972. The smallest absolute Gasteiger partial charge is 0.332 e. The highest BCUT2D eigenvalue weighted by Gasteiger charge is 2.37. The van der Waals surface area contributed by atoms with Crippen LogP contribution in [0.4, 0.5) is 0 Å². The predicted molar refractivity (Wildman–Crippen MR) is 141 cm³/mol. The van der Waals surface area contributed by atoms with E-state index in [4.69, 9.17) is 15.2 Å². The third-order valence-electron chi connectivity index (χ3n) is 6.01. The summed E-state index contributed by atoms with van der Waals surface area (Å²) in [6, 6.07) is 16.4. The number of benzene rings is 2. The lowest BCUT2D eigenvalue weighted by atomic mass is 9.82. The number of nitrogens with zero attached hydrogens (tertiary/aromatic N) is 2.